The van der Waals surface area contributed by atoms with E-state index < -0.39 is 5.82 Å². The fourth-order valence-electron chi connectivity index (χ4n) is 2.65. The number of hydrogen-bond acceptors (Lipinski definition) is 1. The second kappa shape index (κ2) is 6.04. The predicted octanol–water partition coefficient (Wildman–Crippen LogP) is 4.14. The second-order valence-electron chi connectivity index (χ2n) is 5.53. The van der Waals surface area contributed by atoms with E-state index in [0.29, 0.717) is 16.3 Å². The Labute approximate surface area is 121 Å². The van der Waals surface area contributed by atoms with Crippen molar-refractivity contribution in [2.24, 2.45) is 11.8 Å². The average Bonchev–Trinajstić information content (AvgIpc) is 2.33. The summed E-state index contributed by atoms with van der Waals surface area (Å²) in [7, 11) is 0. The second-order valence-corrected chi connectivity index (χ2v) is 6.39. The molecule has 3 atom stereocenters. The molecule has 104 valence electrons. The lowest BCUT2D eigenvalue weighted by atomic mass is 9.79. The maximum Gasteiger partial charge on any atom is 0.255 e. The van der Waals surface area contributed by atoms with Crippen molar-refractivity contribution >= 4 is 21.8 Å². The summed E-state index contributed by atoms with van der Waals surface area (Å²) < 4.78 is 14.2. The molecule has 1 saturated carbocycles. The molecule has 1 N–H and O–H groups in total. The van der Waals surface area contributed by atoms with Crippen LogP contribution in [0.2, 0.25) is 0 Å². The van der Waals surface area contributed by atoms with Gasteiger partial charge in [0.2, 0.25) is 0 Å². The van der Waals surface area contributed by atoms with Crippen molar-refractivity contribution in [2.75, 3.05) is 0 Å². The predicted molar refractivity (Wildman–Crippen MR) is 77.5 cm³/mol. The molecule has 0 aromatic heterocycles. The van der Waals surface area contributed by atoms with E-state index in [-0.39, 0.29) is 17.5 Å². The number of halogens is 2. The molecule has 0 spiro atoms. The smallest absolute Gasteiger partial charge is 0.255 e. The van der Waals surface area contributed by atoms with Crippen LogP contribution < -0.4 is 5.32 Å². The molecule has 0 heterocycles. The Kier molecular flexibility index (Phi) is 4.61. The fraction of sp³-hybridized carbons (Fsp3) is 0.533. The maximum atomic E-state index is 13.7. The van der Waals surface area contributed by atoms with Gasteiger partial charge < -0.3 is 5.32 Å². The summed E-state index contributed by atoms with van der Waals surface area (Å²) in [6.07, 6.45) is 3.06. The van der Waals surface area contributed by atoms with Crippen LogP contribution in [0, 0.1) is 17.7 Å². The molecule has 0 radical (unpaired) electrons. The van der Waals surface area contributed by atoms with E-state index in [1.165, 1.54) is 6.07 Å². The van der Waals surface area contributed by atoms with Crippen molar-refractivity contribution in [1.29, 1.82) is 0 Å². The van der Waals surface area contributed by atoms with Crippen LogP contribution in [0.4, 0.5) is 4.39 Å². The minimum absolute atomic E-state index is 0.105. The largest absolute Gasteiger partial charge is 0.349 e. The number of nitrogens with one attached hydrogen (secondary N) is 1. The molecule has 1 fully saturated rings. The molecule has 0 aliphatic heterocycles. The zero-order valence-electron chi connectivity index (χ0n) is 11.2. The van der Waals surface area contributed by atoms with Gasteiger partial charge in [0.25, 0.3) is 5.91 Å². The normalized spacial score (nSPS) is 27.1. The quantitative estimate of drug-likeness (QED) is 0.868. The molecule has 1 aliphatic rings. The van der Waals surface area contributed by atoms with E-state index in [1.807, 2.05) is 0 Å². The molecule has 2 nitrogen and oxygen atoms in total. The Morgan fingerprint density at radius 3 is 2.68 bits per heavy atom. The molecular weight excluding hydrogens is 309 g/mol. The van der Waals surface area contributed by atoms with Crippen LogP contribution in [0.5, 0.6) is 0 Å². The van der Waals surface area contributed by atoms with E-state index in [9.17, 15) is 9.18 Å². The maximum absolute atomic E-state index is 13.7. The molecule has 19 heavy (non-hydrogen) atoms. The number of benzene rings is 1. The minimum atomic E-state index is -0.482. The average molecular weight is 328 g/mol. The van der Waals surface area contributed by atoms with Crippen LogP contribution in [0.1, 0.15) is 43.5 Å². The van der Waals surface area contributed by atoms with E-state index >= 15 is 0 Å². The summed E-state index contributed by atoms with van der Waals surface area (Å²) in [5.74, 6) is 0.497. The van der Waals surface area contributed by atoms with Gasteiger partial charge in [-0.3, -0.25) is 4.79 Å². The lowest BCUT2D eigenvalue weighted by Gasteiger charge is -2.32. The molecule has 3 unspecified atom stereocenters. The zero-order valence-corrected chi connectivity index (χ0v) is 12.8. The highest BCUT2D eigenvalue weighted by Crippen LogP contribution is 2.29. The Bertz CT molecular complexity index is 457. The minimum Gasteiger partial charge on any atom is -0.349 e. The Morgan fingerprint density at radius 1 is 1.32 bits per heavy atom. The van der Waals surface area contributed by atoms with Crippen LogP contribution in [-0.2, 0) is 0 Å². The number of carbonyl (C=O) groups is 1. The van der Waals surface area contributed by atoms with E-state index in [4.69, 9.17) is 0 Å². The van der Waals surface area contributed by atoms with Crippen molar-refractivity contribution in [3.8, 4) is 0 Å². The molecule has 1 aromatic rings. The highest BCUT2D eigenvalue weighted by Gasteiger charge is 2.26. The Morgan fingerprint density at radius 2 is 2.05 bits per heavy atom. The molecular formula is C15H19BrFNO. The van der Waals surface area contributed by atoms with Crippen molar-refractivity contribution in [3.05, 3.63) is 34.1 Å². The van der Waals surface area contributed by atoms with Gasteiger partial charge in [-0.05, 0) is 59.2 Å². The summed E-state index contributed by atoms with van der Waals surface area (Å²) in [6.45, 7) is 4.46. The van der Waals surface area contributed by atoms with Gasteiger partial charge in [0.1, 0.15) is 5.82 Å². The van der Waals surface area contributed by atoms with Gasteiger partial charge >= 0.3 is 0 Å². The topological polar surface area (TPSA) is 29.1 Å². The SMILES string of the molecule is CC1CCC(NC(=O)c2c(F)cccc2Br)CC1C. The number of rotatable bonds is 2. The first-order valence-electron chi connectivity index (χ1n) is 6.74. The third-order valence-electron chi connectivity index (χ3n) is 4.12. The summed E-state index contributed by atoms with van der Waals surface area (Å²) in [4.78, 5) is 12.2. The monoisotopic (exact) mass is 327 g/mol. The van der Waals surface area contributed by atoms with Gasteiger partial charge in [0.05, 0.1) is 5.56 Å². The van der Waals surface area contributed by atoms with E-state index in [1.54, 1.807) is 12.1 Å². The van der Waals surface area contributed by atoms with Gasteiger partial charge in [-0.2, -0.15) is 0 Å². The molecule has 1 amide bonds. The molecule has 1 aliphatic carbocycles. The van der Waals surface area contributed by atoms with Gasteiger partial charge in [-0.25, -0.2) is 4.39 Å². The standard InChI is InChI=1S/C15H19BrFNO/c1-9-6-7-11(8-10(9)2)18-15(19)14-12(16)4-3-5-13(14)17/h3-5,9-11H,6-8H2,1-2H3,(H,18,19). The third kappa shape index (κ3) is 3.35. The van der Waals surface area contributed by atoms with Gasteiger partial charge in [-0.15, -0.1) is 0 Å². The van der Waals surface area contributed by atoms with Gasteiger partial charge in [-0.1, -0.05) is 19.9 Å². The lowest BCUT2D eigenvalue weighted by Crippen LogP contribution is -2.40. The number of amides is 1. The lowest BCUT2D eigenvalue weighted by molar-refractivity contribution is 0.0905. The highest BCUT2D eigenvalue weighted by molar-refractivity contribution is 9.10. The van der Waals surface area contributed by atoms with E-state index in [0.717, 1.165) is 19.3 Å². The van der Waals surface area contributed by atoms with Crippen LogP contribution in [0.3, 0.4) is 0 Å². The summed E-state index contributed by atoms with van der Waals surface area (Å²) in [5.41, 5.74) is 0.105. The van der Waals surface area contributed by atoms with Gasteiger partial charge in [0, 0.05) is 10.5 Å². The zero-order chi connectivity index (χ0) is 14.0. The molecule has 0 bridgehead atoms. The van der Waals surface area contributed by atoms with Gasteiger partial charge in [0.15, 0.2) is 0 Å². The summed E-state index contributed by atoms with van der Waals surface area (Å²) in [5, 5.41) is 2.96. The fourth-order valence-corrected chi connectivity index (χ4v) is 3.17. The van der Waals surface area contributed by atoms with Crippen molar-refractivity contribution < 1.29 is 9.18 Å². The molecule has 0 saturated heterocycles. The van der Waals surface area contributed by atoms with Crippen LogP contribution in [-0.4, -0.2) is 11.9 Å². The van der Waals surface area contributed by atoms with Crippen molar-refractivity contribution in [2.45, 2.75) is 39.2 Å². The first-order chi connectivity index (χ1) is 8.99. The molecule has 1 aromatic carbocycles. The van der Waals surface area contributed by atoms with Crippen LogP contribution in [0.15, 0.2) is 22.7 Å². The number of hydrogen-bond donors (Lipinski definition) is 1. The Balaban J connectivity index is 2.06. The summed E-state index contributed by atoms with van der Waals surface area (Å²) in [6, 6.07) is 4.74. The van der Waals surface area contributed by atoms with Crippen LogP contribution >= 0.6 is 15.9 Å². The first kappa shape index (κ1) is 14.5. The molecule has 2 rings (SSSR count). The molecule has 4 heteroatoms. The van der Waals surface area contributed by atoms with Crippen molar-refractivity contribution in [3.63, 3.8) is 0 Å². The van der Waals surface area contributed by atoms with Crippen molar-refractivity contribution in [1.82, 2.24) is 5.32 Å². The Hall–Kier alpha value is -0.900. The highest BCUT2D eigenvalue weighted by atomic mass is 79.9. The summed E-state index contributed by atoms with van der Waals surface area (Å²) >= 11 is 3.23. The van der Waals surface area contributed by atoms with E-state index in [2.05, 4.69) is 35.1 Å². The number of carbonyl (C=O) groups excluding carboxylic acids is 1. The first-order valence-corrected chi connectivity index (χ1v) is 7.53. The third-order valence-corrected chi connectivity index (χ3v) is 4.78. The van der Waals surface area contributed by atoms with Crippen LogP contribution in [0.25, 0.3) is 0 Å².